The van der Waals surface area contributed by atoms with Crippen LogP contribution in [0.15, 0.2) is 81.7 Å². The van der Waals surface area contributed by atoms with Crippen molar-refractivity contribution in [1.82, 2.24) is 0 Å². The Bertz CT molecular complexity index is 1280. The third kappa shape index (κ3) is 3.34. The van der Waals surface area contributed by atoms with Crippen molar-refractivity contribution in [2.75, 3.05) is 14.2 Å². The molecule has 0 saturated carbocycles. The summed E-state index contributed by atoms with van der Waals surface area (Å²) in [5, 5.41) is 0. The van der Waals surface area contributed by atoms with E-state index >= 15 is 0 Å². The fourth-order valence-electron chi connectivity index (χ4n) is 5.28. The van der Waals surface area contributed by atoms with Crippen LogP contribution in [-0.4, -0.2) is 14.2 Å². The van der Waals surface area contributed by atoms with Gasteiger partial charge in [-0.05, 0) is 94.8 Å². The van der Waals surface area contributed by atoms with Gasteiger partial charge in [-0.1, -0.05) is 68.3 Å². The highest BCUT2D eigenvalue weighted by Gasteiger charge is 2.46. The molecule has 0 saturated heterocycles. The molecule has 2 nitrogen and oxygen atoms in total. The molecule has 0 N–H and O–H groups in total. The number of ether oxygens (including phenoxy) is 2. The SMILES string of the molecule is COc1ccc(C2(c3ccc(OC)c(C)c3)c3cc(Br)ccc3-c3ccc(Br)cc32)cc1C. The number of aryl methyl sites for hydroxylation is 2. The van der Waals surface area contributed by atoms with Gasteiger partial charge in [0.2, 0.25) is 0 Å². The van der Waals surface area contributed by atoms with Gasteiger partial charge in [0.25, 0.3) is 0 Å². The molecular formula is C29H24Br2O2. The van der Waals surface area contributed by atoms with Crippen LogP contribution in [0.25, 0.3) is 11.1 Å². The van der Waals surface area contributed by atoms with Crippen LogP contribution in [-0.2, 0) is 5.41 Å². The number of rotatable bonds is 4. The van der Waals surface area contributed by atoms with Gasteiger partial charge in [-0.15, -0.1) is 0 Å². The van der Waals surface area contributed by atoms with Gasteiger partial charge in [-0.3, -0.25) is 0 Å². The highest BCUT2D eigenvalue weighted by molar-refractivity contribution is 9.10. The summed E-state index contributed by atoms with van der Waals surface area (Å²) in [6, 6.07) is 26.3. The van der Waals surface area contributed by atoms with Crippen molar-refractivity contribution in [1.29, 1.82) is 0 Å². The van der Waals surface area contributed by atoms with Crippen LogP contribution in [0.5, 0.6) is 11.5 Å². The summed E-state index contributed by atoms with van der Waals surface area (Å²) in [7, 11) is 3.44. The Hall–Kier alpha value is -2.56. The lowest BCUT2D eigenvalue weighted by molar-refractivity contribution is 0.411. The Labute approximate surface area is 211 Å². The quantitative estimate of drug-likeness (QED) is 0.219. The third-order valence-electron chi connectivity index (χ3n) is 6.72. The number of hydrogen-bond acceptors (Lipinski definition) is 2. The van der Waals surface area contributed by atoms with Crippen LogP contribution in [0, 0.1) is 13.8 Å². The lowest BCUT2D eigenvalue weighted by Gasteiger charge is -2.35. The van der Waals surface area contributed by atoms with E-state index in [2.05, 4.69) is 119 Å². The number of benzene rings is 4. The van der Waals surface area contributed by atoms with Crippen molar-refractivity contribution in [2.45, 2.75) is 19.3 Å². The summed E-state index contributed by atoms with van der Waals surface area (Å²) >= 11 is 7.49. The Morgan fingerprint density at radius 3 is 1.36 bits per heavy atom. The Balaban J connectivity index is 1.96. The monoisotopic (exact) mass is 562 g/mol. The van der Waals surface area contributed by atoms with Crippen LogP contribution in [0.1, 0.15) is 33.4 Å². The van der Waals surface area contributed by atoms with Crippen LogP contribution < -0.4 is 9.47 Å². The van der Waals surface area contributed by atoms with E-state index in [-0.39, 0.29) is 0 Å². The van der Waals surface area contributed by atoms with Gasteiger partial charge in [-0.25, -0.2) is 0 Å². The second-order valence-electron chi connectivity index (χ2n) is 8.50. The molecule has 0 amide bonds. The van der Waals surface area contributed by atoms with Crippen LogP contribution in [0.2, 0.25) is 0 Å². The Morgan fingerprint density at radius 1 is 0.576 bits per heavy atom. The summed E-state index contributed by atoms with van der Waals surface area (Å²) in [5.74, 6) is 1.78. The standard InChI is InChI=1S/C29H24Br2O2/c1-17-13-19(5-11-27(17)32-3)29(20-6-12-28(33-4)18(2)14-20)25-15-21(30)7-9-23(25)24-10-8-22(31)16-26(24)29/h5-16H,1-4H3. The molecule has 0 radical (unpaired) electrons. The summed E-state index contributed by atoms with van der Waals surface area (Å²) in [4.78, 5) is 0. The molecule has 4 aromatic carbocycles. The molecule has 0 bridgehead atoms. The minimum Gasteiger partial charge on any atom is -0.496 e. The largest absolute Gasteiger partial charge is 0.496 e. The van der Waals surface area contributed by atoms with Crippen molar-refractivity contribution in [3.05, 3.63) is 115 Å². The third-order valence-corrected chi connectivity index (χ3v) is 7.70. The second-order valence-corrected chi connectivity index (χ2v) is 10.3. The molecule has 0 atom stereocenters. The summed E-state index contributed by atoms with van der Waals surface area (Å²) in [5.41, 5.74) is 9.19. The van der Waals surface area contributed by atoms with E-state index in [1.807, 2.05) is 0 Å². The molecule has 33 heavy (non-hydrogen) atoms. The number of hydrogen-bond donors (Lipinski definition) is 0. The summed E-state index contributed by atoms with van der Waals surface area (Å²) < 4.78 is 13.3. The number of methoxy groups -OCH3 is 2. The van der Waals surface area contributed by atoms with Crippen molar-refractivity contribution < 1.29 is 9.47 Å². The van der Waals surface area contributed by atoms with E-state index in [0.717, 1.165) is 31.6 Å². The van der Waals surface area contributed by atoms with Crippen molar-refractivity contribution in [3.63, 3.8) is 0 Å². The average Bonchev–Trinajstić information content (AvgIpc) is 3.08. The van der Waals surface area contributed by atoms with Crippen LogP contribution in [0.4, 0.5) is 0 Å². The number of halogens is 2. The molecular weight excluding hydrogens is 540 g/mol. The molecule has 4 heteroatoms. The van der Waals surface area contributed by atoms with E-state index in [0.29, 0.717) is 0 Å². The minimum atomic E-state index is -0.480. The van der Waals surface area contributed by atoms with Crippen LogP contribution in [0.3, 0.4) is 0 Å². The van der Waals surface area contributed by atoms with E-state index in [4.69, 9.17) is 9.47 Å². The van der Waals surface area contributed by atoms with E-state index in [1.165, 1.54) is 33.4 Å². The lowest BCUT2D eigenvalue weighted by atomic mass is 9.67. The van der Waals surface area contributed by atoms with E-state index < -0.39 is 5.41 Å². The molecule has 1 aliphatic rings. The summed E-state index contributed by atoms with van der Waals surface area (Å²) in [6.45, 7) is 4.21. The average molecular weight is 564 g/mol. The first-order valence-corrected chi connectivity index (χ1v) is 12.4. The first kappa shape index (κ1) is 22.2. The van der Waals surface area contributed by atoms with E-state index in [1.54, 1.807) is 14.2 Å². The van der Waals surface area contributed by atoms with Gasteiger partial charge in [0.05, 0.1) is 19.6 Å². The molecule has 166 valence electrons. The molecule has 5 rings (SSSR count). The Kier molecular flexibility index (Phi) is 5.62. The summed E-state index contributed by atoms with van der Waals surface area (Å²) in [6.07, 6.45) is 0. The zero-order chi connectivity index (χ0) is 23.3. The first-order chi connectivity index (χ1) is 15.9. The smallest absolute Gasteiger partial charge is 0.121 e. The van der Waals surface area contributed by atoms with Gasteiger partial charge in [0.1, 0.15) is 11.5 Å². The minimum absolute atomic E-state index is 0.480. The predicted octanol–water partition coefficient (Wildman–Crippen LogP) is 8.21. The van der Waals surface area contributed by atoms with Gasteiger partial charge in [0.15, 0.2) is 0 Å². The fraction of sp³-hybridized carbons (Fsp3) is 0.172. The van der Waals surface area contributed by atoms with Gasteiger partial charge < -0.3 is 9.47 Å². The van der Waals surface area contributed by atoms with Crippen molar-refractivity contribution >= 4 is 31.9 Å². The van der Waals surface area contributed by atoms with Crippen molar-refractivity contribution in [2.24, 2.45) is 0 Å². The molecule has 0 heterocycles. The molecule has 1 aliphatic carbocycles. The van der Waals surface area contributed by atoms with Gasteiger partial charge in [-0.2, -0.15) is 0 Å². The van der Waals surface area contributed by atoms with Gasteiger partial charge in [0, 0.05) is 8.95 Å². The number of fused-ring (bicyclic) bond motifs is 3. The highest BCUT2D eigenvalue weighted by Crippen LogP contribution is 2.57. The first-order valence-electron chi connectivity index (χ1n) is 10.8. The highest BCUT2D eigenvalue weighted by atomic mass is 79.9. The topological polar surface area (TPSA) is 18.5 Å². The maximum Gasteiger partial charge on any atom is 0.121 e. The van der Waals surface area contributed by atoms with Crippen LogP contribution >= 0.6 is 31.9 Å². The molecule has 4 aromatic rings. The molecule has 0 aromatic heterocycles. The zero-order valence-corrected chi connectivity index (χ0v) is 22.2. The maximum absolute atomic E-state index is 5.60. The van der Waals surface area contributed by atoms with E-state index in [9.17, 15) is 0 Å². The zero-order valence-electron chi connectivity index (χ0n) is 19.0. The normalized spacial score (nSPS) is 13.4. The molecule has 0 aliphatic heterocycles. The fourth-order valence-corrected chi connectivity index (χ4v) is 6.00. The Morgan fingerprint density at radius 2 is 1.00 bits per heavy atom. The maximum atomic E-state index is 5.60. The predicted molar refractivity (Wildman–Crippen MR) is 142 cm³/mol. The lowest BCUT2D eigenvalue weighted by Crippen LogP contribution is -2.29. The molecule has 0 unspecified atom stereocenters. The molecule has 0 fully saturated rings. The van der Waals surface area contributed by atoms with Gasteiger partial charge >= 0.3 is 0 Å². The van der Waals surface area contributed by atoms with Crippen molar-refractivity contribution in [3.8, 4) is 22.6 Å². The second kappa shape index (κ2) is 8.34. The molecule has 0 spiro atoms.